The standard InChI is InChI=1S/C17H17FN2O2S/c1-23(22)16-9-7-12(10-14(16)18)19-17(21)20-15-8-6-11-4-2-3-5-13(11)15/h2-5,7,9-10,15H,6,8H2,1H3,(H2,19,20,21)/t15-,23-/m1/s1. The Bertz CT molecular complexity index is 779. The SMILES string of the molecule is C[S@@](=O)c1ccc(NC(=O)N[C@@H]2CCc3ccccc32)cc1F. The van der Waals surface area contributed by atoms with Gasteiger partial charge in [0, 0.05) is 11.9 Å². The summed E-state index contributed by atoms with van der Waals surface area (Å²) in [7, 11) is -1.39. The first kappa shape index (κ1) is 15.7. The van der Waals surface area contributed by atoms with Gasteiger partial charge in [0.25, 0.3) is 0 Å². The number of urea groups is 1. The van der Waals surface area contributed by atoms with Crippen molar-refractivity contribution >= 4 is 22.5 Å². The van der Waals surface area contributed by atoms with Gasteiger partial charge in [-0.1, -0.05) is 24.3 Å². The minimum Gasteiger partial charge on any atom is -0.331 e. The molecule has 0 heterocycles. The van der Waals surface area contributed by atoms with Crippen molar-refractivity contribution in [1.29, 1.82) is 0 Å². The fourth-order valence-electron chi connectivity index (χ4n) is 2.84. The van der Waals surface area contributed by atoms with Crippen molar-refractivity contribution < 1.29 is 13.4 Å². The van der Waals surface area contributed by atoms with Gasteiger partial charge in [0.15, 0.2) is 0 Å². The molecule has 0 aromatic heterocycles. The van der Waals surface area contributed by atoms with Crippen molar-refractivity contribution in [3.8, 4) is 0 Å². The van der Waals surface area contributed by atoms with E-state index in [9.17, 15) is 13.4 Å². The molecule has 3 rings (SSSR count). The van der Waals surface area contributed by atoms with Crippen molar-refractivity contribution in [2.24, 2.45) is 0 Å². The number of rotatable bonds is 3. The number of halogens is 1. The van der Waals surface area contributed by atoms with Crippen molar-refractivity contribution in [1.82, 2.24) is 5.32 Å². The summed E-state index contributed by atoms with van der Waals surface area (Å²) in [5, 5.41) is 5.53. The zero-order valence-corrected chi connectivity index (χ0v) is 13.5. The van der Waals surface area contributed by atoms with E-state index >= 15 is 0 Å². The van der Waals surface area contributed by atoms with Gasteiger partial charge < -0.3 is 10.6 Å². The quantitative estimate of drug-likeness (QED) is 0.905. The smallest absolute Gasteiger partial charge is 0.319 e. The molecule has 2 aromatic carbocycles. The Morgan fingerprint density at radius 3 is 2.78 bits per heavy atom. The van der Waals surface area contributed by atoms with E-state index in [1.54, 1.807) is 6.07 Å². The summed E-state index contributed by atoms with van der Waals surface area (Å²) in [6.45, 7) is 0. The molecule has 0 fully saturated rings. The van der Waals surface area contributed by atoms with Crippen LogP contribution in [0.3, 0.4) is 0 Å². The monoisotopic (exact) mass is 332 g/mol. The van der Waals surface area contributed by atoms with E-state index in [1.165, 1.54) is 24.0 Å². The first-order chi connectivity index (χ1) is 11.0. The largest absolute Gasteiger partial charge is 0.331 e. The molecule has 0 unspecified atom stereocenters. The number of hydrogen-bond acceptors (Lipinski definition) is 2. The molecule has 0 spiro atoms. The van der Waals surface area contributed by atoms with Gasteiger partial charge in [-0.05, 0) is 42.2 Å². The van der Waals surface area contributed by atoms with Gasteiger partial charge in [-0.15, -0.1) is 0 Å². The molecule has 0 aliphatic heterocycles. The van der Waals surface area contributed by atoms with Gasteiger partial charge >= 0.3 is 6.03 Å². The highest BCUT2D eigenvalue weighted by Crippen LogP contribution is 2.30. The second-order valence-corrected chi connectivity index (χ2v) is 6.84. The highest BCUT2D eigenvalue weighted by molar-refractivity contribution is 7.84. The van der Waals surface area contributed by atoms with E-state index < -0.39 is 16.6 Å². The number of carbonyl (C=O) groups is 1. The zero-order valence-electron chi connectivity index (χ0n) is 12.6. The Balaban J connectivity index is 1.67. The fourth-order valence-corrected chi connectivity index (χ4v) is 3.44. The van der Waals surface area contributed by atoms with Gasteiger partial charge in [0.1, 0.15) is 5.82 Å². The molecule has 6 heteroatoms. The molecule has 0 saturated heterocycles. The maximum Gasteiger partial charge on any atom is 0.319 e. The predicted molar refractivity (Wildman–Crippen MR) is 88.4 cm³/mol. The highest BCUT2D eigenvalue weighted by Gasteiger charge is 2.23. The highest BCUT2D eigenvalue weighted by atomic mass is 32.2. The maximum absolute atomic E-state index is 13.8. The average molecular weight is 332 g/mol. The molecule has 1 aliphatic carbocycles. The summed E-state index contributed by atoms with van der Waals surface area (Å²) in [6, 6.07) is 11.8. The first-order valence-corrected chi connectivity index (χ1v) is 8.88. The molecule has 4 nitrogen and oxygen atoms in total. The summed E-state index contributed by atoms with van der Waals surface area (Å²) in [6.07, 6.45) is 3.21. The minimum atomic E-state index is -1.39. The lowest BCUT2D eigenvalue weighted by Crippen LogP contribution is -2.31. The number of fused-ring (bicyclic) bond motifs is 1. The number of benzene rings is 2. The normalized spacial score (nSPS) is 17.4. The lowest BCUT2D eigenvalue weighted by Gasteiger charge is -2.15. The van der Waals surface area contributed by atoms with Crippen molar-refractivity contribution in [3.63, 3.8) is 0 Å². The van der Waals surface area contributed by atoms with Crippen LogP contribution in [0, 0.1) is 5.82 Å². The molecule has 2 amide bonds. The van der Waals surface area contributed by atoms with Crippen LogP contribution in [0.4, 0.5) is 14.9 Å². The number of hydrogen-bond donors (Lipinski definition) is 2. The summed E-state index contributed by atoms with van der Waals surface area (Å²) < 4.78 is 25.1. The summed E-state index contributed by atoms with van der Waals surface area (Å²) in [4.78, 5) is 12.2. The van der Waals surface area contributed by atoms with E-state index in [0.29, 0.717) is 5.69 Å². The topological polar surface area (TPSA) is 58.2 Å². The summed E-state index contributed by atoms with van der Waals surface area (Å²) >= 11 is 0. The fraction of sp³-hybridized carbons (Fsp3) is 0.235. The zero-order chi connectivity index (χ0) is 16.4. The van der Waals surface area contributed by atoms with E-state index in [2.05, 4.69) is 16.7 Å². The van der Waals surface area contributed by atoms with Crippen LogP contribution in [0.15, 0.2) is 47.4 Å². The van der Waals surface area contributed by atoms with Crippen LogP contribution in [-0.2, 0) is 17.2 Å². The van der Waals surface area contributed by atoms with Crippen LogP contribution in [0.1, 0.15) is 23.6 Å². The lowest BCUT2D eigenvalue weighted by molar-refractivity contribution is 0.248. The molecule has 0 radical (unpaired) electrons. The van der Waals surface area contributed by atoms with Crippen molar-refractivity contribution in [3.05, 3.63) is 59.4 Å². The Hall–Kier alpha value is -2.21. The van der Waals surface area contributed by atoms with Crippen LogP contribution in [0.25, 0.3) is 0 Å². The predicted octanol–water partition coefficient (Wildman–Crippen LogP) is 3.37. The van der Waals surface area contributed by atoms with Gasteiger partial charge in [0.2, 0.25) is 0 Å². The molecule has 23 heavy (non-hydrogen) atoms. The van der Waals surface area contributed by atoms with Crippen LogP contribution in [0.2, 0.25) is 0 Å². The Morgan fingerprint density at radius 1 is 1.26 bits per heavy atom. The van der Waals surface area contributed by atoms with Gasteiger partial charge in [-0.2, -0.15) is 0 Å². The molecule has 2 aromatic rings. The van der Waals surface area contributed by atoms with Crippen LogP contribution in [-0.4, -0.2) is 16.5 Å². The molecule has 120 valence electrons. The number of aryl methyl sites for hydroxylation is 1. The van der Waals surface area contributed by atoms with Gasteiger partial charge in [-0.3, -0.25) is 4.21 Å². The third kappa shape index (κ3) is 3.42. The van der Waals surface area contributed by atoms with Crippen molar-refractivity contribution in [2.75, 3.05) is 11.6 Å². The number of nitrogens with one attached hydrogen (secondary N) is 2. The van der Waals surface area contributed by atoms with E-state index in [0.717, 1.165) is 18.4 Å². The number of carbonyl (C=O) groups excluding carboxylic acids is 1. The van der Waals surface area contributed by atoms with Crippen LogP contribution >= 0.6 is 0 Å². The van der Waals surface area contributed by atoms with E-state index in [-0.39, 0.29) is 17.0 Å². The first-order valence-electron chi connectivity index (χ1n) is 7.33. The Morgan fingerprint density at radius 2 is 2.04 bits per heavy atom. The third-order valence-electron chi connectivity index (χ3n) is 3.94. The third-order valence-corrected chi connectivity index (χ3v) is 4.89. The van der Waals surface area contributed by atoms with Gasteiger partial charge in [-0.25, -0.2) is 9.18 Å². The molecule has 2 atom stereocenters. The molecule has 2 N–H and O–H groups in total. The lowest BCUT2D eigenvalue weighted by atomic mass is 10.1. The minimum absolute atomic E-state index is 0.0292. The second kappa shape index (κ2) is 6.50. The van der Waals surface area contributed by atoms with Gasteiger partial charge in [0.05, 0.1) is 21.7 Å². The maximum atomic E-state index is 13.8. The van der Waals surface area contributed by atoms with E-state index in [4.69, 9.17) is 0 Å². The Kier molecular flexibility index (Phi) is 4.43. The average Bonchev–Trinajstić information content (AvgIpc) is 2.90. The van der Waals surface area contributed by atoms with Crippen molar-refractivity contribution in [2.45, 2.75) is 23.8 Å². The van der Waals surface area contributed by atoms with E-state index in [1.807, 2.05) is 18.2 Å². The number of amides is 2. The van der Waals surface area contributed by atoms with Crippen LogP contribution in [0.5, 0.6) is 0 Å². The molecular formula is C17H17FN2O2S. The molecule has 0 saturated carbocycles. The molecule has 1 aliphatic rings. The molecular weight excluding hydrogens is 315 g/mol. The summed E-state index contributed by atoms with van der Waals surface area (Å²) in [5.41, 5.74) is 2.71. The second-order valence-electron chi connectivity index (χ2n) is 5.49. The van der Waals surface area contributed by atoms with Crippen LogP contribution < -0.4 is 10.6 Å². The Labute approximate surface area is 136 Å². The summed E-state index contributed by atoms with van der Waals surface area (Å²) in [5.74, 6) is -0.588. The number of anilines is 1. The molecule has 0 bridgehead atoms.